The van der Waals surface area contributed by atoms with Crippen LogP contribution in [0.25, 0.3) is 0 Å². The van der Waals surface area contributed by atoms with Crippen molar-refractivity contribution in [1.29, 1.82) is 0 Å². The highest BCUT2D eigenvalue weighted by atomic mass is 16.5. The smallest absolute Gasteiger partial charge is 0.0779 e. The van der Waals surface area contributed by atoms with Gasteiger partial charge in [0, 0.05) is 6.61 Å². The van der Waals surface area contributed by atoms with Crippen LogP contribution in [0.1, 0.15) is 46.5 Å². The van der Waals surface area contributed by atoms with Gasteiger partial charge in [-0.1, -0.05) is 12.8 Å². The number of hydrogen-bond donors (Lipinski definition) is 2. The Kier molecular flexibility index (Phi) is 10.9. The first kappa shape index (κ1) is 16.8. The first-order valence-corrected chi connectivity index (χ1v) is 6.62. The standard InChI is InChI=1S/C7H14O.C6H14O3/c1-2-8-7-5-3-4-6-7;1-5(8)4-9-6(2)3-7/h7H,2-6H2,1H3;5-8H,3-4H2,1-2H3. The second kappa shape index (κ2) is 11.0. The van der Waals surface area contributed by atoms with E-state index in [2.05, 4.69) is 6.92 Å². The third kappa shape index (κ3) is 10.7. The molecule has 1 aliphatic carbocycles. The Bertz CT molecular complexity index is 155. The Balaban J connectivity index is 0.000000302. The minimum Gasteiger partial charge on any atom is -0.394 e. The molecule has 1 fully saturated rings. The van der Waals surface area contributed by atoms with Gasteiger partial charge in [0.25, 0.3) is 0 Å². The number of ether oxygens (including phenoxy) is 2. The molecule has 17 heavy (non-hydrogen) atoms. The fraction of sp³-hybridized carbons (Fsp3) is 1.00. The van der Waals surface area contributed by atoms with E-state index in [-0.39, 0.29) is 12.7 Å². The maximum absolute atomic E-state index is 8.69. The highest BCUT2D eigenvalue weighted by Crippen LogP contribution is 2.20. The monoisotopic (exact) mass is 248 g/mol. The Morgan fingerprint density at radius 2 is 1.82 bits per heavy atom. The number of hydrogen-bond acceptors (Lipinski definition) is 4. The van der Waals surface area contributed by atoms with Gasteiger partial charge in [0.2, 0.25) is 0 Å². The topological polar surface area (TPSA) is 58.9 Å². The molecule has 0 amide bonds. The lowest BCUT2D eigenvalue weighted by atomic mass is 10.3. The third-order valence-electron chi connectivity index (χ3n) is 2.58. The van der Waals surface area contributed by atoms with Crippen molar-refractivity contribution in [2.45, 2.75) is 64.8 Å². The van der Waals surface area contributed by atoms with Crippen molar-refractivity contribution in [2.75, 3.05) is 19.8 Å². The number of rotatable bonds is 6. The van der Waals surface area contributed by atoms with Gasteiger partial charge in [-0.15, -0.1) is 0 Å². The Morgan fingerprint density at radius 1 is 1.24 bits per heavy atom. The van der Waals surface area contributed by atoms with Crippen LogP contribution in [0.5, 0.6) is 0 Å². The average molecular weight is 248 g/mol. The summed E-state index contributed by atoms with van der Waals surface area (Å²) in [5.74, 6) is 0. The summed E-state index contributed by atoms with van der Waals surface area (Å²) >= 11 is 0. The van der Waals surface area contributed by atoms with Crippen LogP contribution in [0.4, 0.5) is 0 Å². The maximum Gasteiger partial charge on any atom is 0.0779 e. The lowest BCUT2D eigenvalue weighted by Gasteiger charge is -2.10. The molecule has 0 aromatic rings. The van der Waals surface area contributed by atoms with Gasteiger partial charge in [-0.25, -0.2) is 0 Å². The summed E-state index contributed by atoms with van der Waals surface area (Å²) in [6.45, 7) is 6.66. The molecule has 2 unspecified atom stereocenters. The molecule has 0 saturated heterocycles. The molecule has 0 bridgehead atoms. The van der Waals surface area contributed by atoms with Crippen molar-refractivity contribution < 1.29 is 19.7 Å². The van der Waals surface area contributed by atoms with Gasteiger partial charge < -0.3 is 19.7 Å². The van der Waals surface area contributed by atoms with E-state index >= 15 is 0 Å². The SMILES string of the molecule is CC(O)COC(C)CO.CCOC1CCCC1. The molecule has 2 N–H and O–H groups in total. The average Bonchev–Trinajstić information content (AvgIpc) is 2.80. The van der Waals surface area contributed by atoms with E-state index in [4.69, 9.17) is 19.7 Å². The predicted molar refractivity (Wildman–Crippen MR) is 68.1 cm³/mol. The highest BCUT2D eigenvalue weighted by Gasteiger charge is 2.13. The predicted octanol–water partition coefficient (Wildman–Crippen LogP) is 1.73. The molecule has 0 spiro atoms. The van der Waals surface area contributed by atoms with Crippen LogP contribution >= 0.6 is 0 Å². The molecule has 0 aromatic heterocycles. The van der Waals surface area contributed by atoms with Gasteiger partial charge in [-0.2, -0.15) is 0 Å². The molecular weight excluding hydrogens is 220 g/mol. The van der Waals surface area contributed by atoms with Crippen LogP contribution < -0.4 is 0 Å². The molecule has 0 aliphatic heterocycles. The first-order chi connectivity index (χ1) is 8.10. The quantitative estimate of drug-likeness (QED) is 0.751. The summed E-state index contributed by atoms with van der Waals surface area (Å²) in [5.41, 5.74) is 0. The Hall–Kier alpha value is -0.160. The number of aliphatic hydroxyl groups is 2. The molecule has 1 rings (SSSR count). The van der Waals surface area contributed by atoms with Crippen molar-refractivity contribution in [1.82, 2.24) is 0 Å². The van der Waals surface area contributed by atoms with Gasteiger partial charge in [-0.05, 0) is 33.6 Å². The molecule has 0 radical (unpaired) electrons. The van der Waals surface area contributed by atoms with E-state index in [9.17, 15) is 0 Å². The lowest BCUT2D eigenvalue weighted by Crippen LogP contribution is -2.19. The van der Waals surface area contributed by atoms with Crippen molar-refractivity contribution in [3.05, 3.63) is 0 Å². The molecule has 4 nitrogen and oxygen atoms in total. The van der Waals surface area contributed by atoms with E-state index in [0.717, 1.165) is 6.61 Å². The van der Waals surface area contributed by atoms with E-state index in [0.29, 0.717) is 12.7 Å². The van der Waals surface area contributed by atoms with Crippen LogP contribution in [0.3, 0.4) is 0 Å². The van der Waals surface area contributed by atoms with Crippen LogP contribution in [0, 0.1) is 0 Å². The van der Waals surface area contributed by atoms with Crippen molar-refractivity contribution >= 4 is 0 Å². The molecule has 0 heterocycles. The third-order valence-corrected chi connectivity index (χ3v) is 2.58. The second-order valence-electron chi connectivity index (χ2n) is 4.54. The van der Waals surface area contributed by atoms with Gasteiger partial charge in [0.05, 0.1) is 31.5 Å². The second-order valence-corrected chi connectivity index (χ2v) is 4.54. The van der Waals surface area contributed by atoms with Crippen molar-refractivity contribution in [2.24, 2.45) is 0 Å². The van der Waals surface area contributed by atoms with Crippen LogP contribution in [0.15, 0.2) is 0 Å². The normalized spacial score (nSPS) is 19.6. The molecular formula is C13H28O4. The van der Waals surface area contributed by atoms with E-state index in [1.165, 1.54) is 25.7 Å². The summed E-state index contributed by atoms with van der Waals surface area (Å²) < 4.78 is 10.4. The summed E-state index contributed by atoms with van der Waals surface area (Å²) in [7, 11) is 0. The highest BCUT2D eigenvalue weighted by molar-refractivity contribution is 4.65. The van der Waals surface area contributed by atoms with Gasteiger partial charge in [-0.3, -0.25) is 0 Å². The zero-order valence-electron chi connectivity index (χ0n) is 11.4. The van der Waals surface area contributed by atoms with Crippen LogP contribution in [-0.2, 0) is 9.47 Å². The minimum atomic E-state index is -0.445. The van der Waals surface area contributed by atoms with Crippen LogP contribution in [-0.4, -0.2) is 48.3 Å². The Morgan fingerprint density at radius 3 is 2.24 bits per heavy atom. The zero-order chi connectivity index (χ0) is 13.1. The summed E-state index contributed by atoms with van der Waals surface area (Å²) in [5, 5.41) is 17.1. The lowest BCUT2D eigenvalue weighted by molar-refractivity contribution is -0.0177. The van der Waals surface area contributed by atoms with Gasteiger partial charge >= 0.3 is 0 Å². The molecule has 1 saturated carbocycles. The fourth-order valence-corrected chi connectivity index (χ4v) is 1.65. The van der Waals surface area contributed by atoms with Crippen LogP contribution in [0.2, 0.25) is 0 Å². The largest absolute Gasteiger partial charge is 0.394 e. The molecule has 1 aliphatic rings. The first-order valence-electron chi connectivity index (χ1n) is 6.62. The maximum atomic E-state index is 8.69. The van der Waals surface area contributed by atoms with E-state index in [1.807, 2.05) is 0 Å². The van der Waals surface area contributed by atoms with E-state index < -0.39 is 6.10 Å². The van der Waals surface area contributed by atoms with Crippen molar-refractivity contribution in [3.63, 3.8) is 0 Å². The van der Waals surface area contributed by atoms with E-state index in [1.54, 1.807) is 13.8 Å². The molecule has 0 aromatic carbocycles. The fourth-order valence-electron chi connectivity index (χ4n) is 1.65. The molecule has 4 heteroatoms. The summed E-state index contributed by atoms with van der Waals surface area (Å²) in [6.07, 6.45) is 5.36. The number of aliphatic hydroxyl groups excluding tert-OH is 2. The molecule has 104 valence electrons. The molecule has 2 atom stereocenters. The summed E-state index contributed by atoms with van der Waals surface area (Å²) in [4.78, 5) is 0. The summed E-state index contributed by atoms with van der Waals surface area (Å²) in [6, 6.07) is 0. The van der Waals surface area contributed by atoms with Crippen molar-refractivity contribution in [3.8, 4) is 0 Å². The Labute approximate surface area is 105 Å². The van der Waals surface area contributed by atoms with Gasteiger partial charge in [0.1, 0.15) is 0 Å². The zero-order valence-corrected chi connectivity index (χ0v) is 11.4. The minimum absolute atomic E-state index is 0.00667. The van der Waals surface area contributed by atoms with Gasteiger partial charge in [0.15, 0.2) is 0 Å².